The fourth-order valence-electron chi connectivity index (χ4n) is 1.48. The van der Waals surface area contributed by atoms with Gasteiger partial charge < -0.3 is 20.8 Å². The first-order chi connectivity index (χ1) is 9.16. The van der Waals surface area contributed by atoms with Crippen LogP contribution in [0, 0.1) is 10.7 Å². The van der Waals surface area contributed by atoms with Gasteiger partial charge in [-0.2, -0.15) is 0 Å². The number of carbonyl (C=O) groups excluding carboxylic acids is 2. The summed E-state index contributed by atoms with van der Waals surface area (Å²) in [5, 5.41) is 24.3. The van der Waals surface area contributed by atoms with Gasteiger partial charge in [0.05, 0.1) is 14.9 Å². The molecule has 1 aromatic rings. The Balaban J connectivity index is 3.63. The third-order valence-corrected chi connectivity index (χ3v) is 5.53. The van der Waals surface area contributed by atoms with E-state index in [1.165, 1.54) is 13.8 Å². The Bertz CT molecular complexity index is 532. The van der Waals surface area contributed by atoms with Crippen molar-refractivity contribution in [3.8, 4) is 0 Å². The van der Waals surface area contributed by atoms with Gasteiger partial charge >= 0.3 is 0 Å². The molecule has 0 radical (unpaired) electrons. The van der Waals surface area contributed by atoms with Crippen LogP contribution in [-0.4, -0.2) is 22.0 Å². The SMILES string of the molecule is CC(=O)Nc1c(I)c(NC(C)=O)c(I)c(C(O)O)c1I. The highest BCUT2D eigenvalue weighted by atomic mass is 127. The molecule has 0 heterocycles. The lowest BCUT2D eigenvalue weighted by Crippen LogP contribution is -2.17. The van der Waals surface area contributed by atoms with Crippen LogP contribution in [0.3, 0.4) is 0 Å². The minimum atomic E-state index is -1.70. The van der Waals surface area contributed by atoms with Gasteiger partial charge in [-0.05, 0) is 67.8 Å². The molecule has 9 heteroatoms. The van der Waals surface area contributed by atoms with Crippen molar-refractivity contribution in [2.45, 2.75) is 20.1 Å². The molecular weight excluding hydrogens is 605 g/mol. The molecule has 20 heavy (non-hydrogen) atoms. The third-order valence-electron chi connectivity index (χ3n) is 2.21. The van der Waals surface area contributed by atoms with Gasteiger partial charge in [-0.3, -0.25) is 9.59 Å². The van der Waals surface area contributed by atoms with Crippen LogP contribution in [0.1, 0.15) is 25.7 Å². The lowest BCUT2D eigenvalue weighted by atomic mass is 10.1. The summed E-state index contributed by atoms with van der Waals surface area (Å²) >= 11 is 5.86. The number of rotatable bonds is 3. The zero-order chi connectivity index (χ0) is 15.6. The standard InChI is InChI=1S/C11H11I3N2O4/c1-3(17)15-9-6(12)5(11(19)20)7(13)10(8(9)14)16-4(2)18/h11,19-20H,1-2H3,(H,15,17)(H,16,18). The van der Waals surface area contributed by atoms with E-state index in [-0.39, 0.29) is 17.4 Å². The maximum atomic E-state index is 11.3. The van der Waals surface area contributed by atoms with E-state index < -0.39 is 6.29 Å². The summed E-state index contributed by atoms with van der Waals surface area (Å²) in [7, 11) is 0. The first kappa shape index (κ1) is 18.3. The molecule has 1 rings (SSSR count). The first-order valence-corrected chi connectivity index (χ1v) is 8.52. The van der Waals surface area contributed by atoms with Gasteiger partial charge in [0.15, 0.2) is 6.29 Å². The Morgan fingerprint density at radius 3 is 1.50 bits per heavy atom. The number of aliphatic hydroxyl groups excluding tert-OH is 1. The lowest BCUT2D eigenvalue weighted by Gasteiger charge is -2.20. The van der Waals surface area contributed by atoms with E-state index in [0.29, 0.717) is 22.1 Å². The van der Waals surface area contributed by atoms with Crippen LogP contribution in [-0.2, 0) is 9.59 Å². The van der Waals surface area contributed by atoms with E-state index in [4.69, 9.17) is 0 Å². The van der Waals surface area contributed by atoms with E-state index in [0.717, 1.165) is 0 Å². The summed E-state index contributed by atoms with van der Waals surface area (Å²) in [5.74, 6) is -0.566. The fraction of sp³-hybridized carbons (Fsp3) is 0.273. The zero-order valence-electron chi connectivity index (χ0n) is 10.4. The van der Waals surface area contributed by atoms with Crippen LogP contribution in [0.25, 0.3) is 0 Å². The van der Waals surface area contributed by atoms with Crippen LogP contribution in [0.15, 0.2) is 0 Å². The monoisotopic (exact) mass is 616 g/mol. The Hall–Kier alpha value is 0.270. The van der Waals surface area contributed by atoms with Crippen molar-refractivity contribution in [2.75, 3.05) is 10.6 Å². The Labute approximate surface area is 156 Å². The third kappa shape index (κ3) is 4.14. The summed E-state index contributed by atoms with van der Waals surface area (Å²) < 4.78 is 1.68. The second kappa shape index (κ2) is 7.51. The maximum Gasteiger partial charge on any atom is 0.221 e. The van der Waals surface area contributed by atoms with Gasteiger partial charge in [0.1, 0.15) is 0 Å². The Kier molecular flexibility index (Phi) is 6.88. The van der Waals surface area contributed by atoms with Gasteiger partial charge in [0, 0.05) is 26.6 Å². The quantitative estimate of drug-likeness (QED) is 0.310. The highest BCUT2D eigenvalue weighted by Crippen LogP contribution is 2.40. The van der Waals surface area contributed by atoms with Crippen LogP contribution >= 0.6 is 67.8 Å². The topological polar surface area (TPSA) is 98.7 Å². The minimum Gasteiger partial charge on any atom is -0.364 e. The van der Waals surface area contributed by atoms with Crippen molar-refractivity contribution in [1.29, 1.82) is 0 Å². The van der Waals surface area contributed by atoms with Crippen molar-refractivity contribution in [2.24, 2.45) is 0 Å². The van der Waals surface area contributed by atoms with Crippen molar-refractivity contribution >= 4 is 91.0 Å². The van der Waals surface area contributed by atoms with Crippen LogP contribution < -0.4 is 10.6 Å². The number of nitrogens with one attached hydrogen (secondary N) is 2. The molecule has 0 aliphatic carbocycles. The number of anilines is 2. The molecule has 0 saturated heterocycles. The number of hydrogen-bond acceptors (Lipinski definition) is 4. The first-order valence-electron chi connectivity index (χ1n) is 5.28. The molecule has 0 atom stereocenters. The van der Waals surface area contributed by atoms with E-state index in [1.54, 1.807) is 0 Å². The Morgan fingerprint density at radius 1 is 0.900 bits per heavy atom. The summed E-state index contributed by atoms with van der Waals surface area (Å²) in [6, 6.07) is 0. The Morgan fingerprint density at radius 2 is 1.25 bits per heavy atom. The molecule has 1 aromatic carbocycles. The molecule has 0 spiro atoms. The van der Waals surface area contributed by atoms with Gasteiger partial charge in [-0.25, -0.2) is 0 Å². The molecule has 110 valence electrons. The number of hydrogen-bond donors (Lipinski definition) is 4. The predicted molar refractivity (Wildman–Crippen MR) is 100 cm³/mol. The van der Waals surface area contributed by atoms with Crippen molar-refractivity contribution < 1.29 is 19.8 Å². The number of amides is 2. The second-order valence-electron chi connectivity index (χ2n) is 3.84. The van der Waals surface area contributed by atoms with Gasteiger partial charge in [0.2, 0.25) is 11.8 Å². The summed E-state index contributed by atoms with van der Waals surface area (Å²) in [4.78, 5) is 22.6. The molecule has 0 aromatic heterocycles. The summed E-state index contributed by atoms with van der Waals surface area (Å²) in [6.07, 6.45) is -1.70. The van der Waals surface area contributed by atoms with Gasteiger partial charge in [0.25, 0.3) is 0 Å². The van der Waals surface area contributed by atoms with Crippen LogP contribution in [0.5, 0.6) is 0 Å². The molecule has 0 bridgehead atoms. The molecule has 0 unspecified atom stereocenters. The van der Waals surface area contributed by atoms with Crippen molar-refractivity contribution in [3.05, 3.63) is 16.3 Å². The average Bonchev–Trinajstić information content (AvgIpc) is 2.29. The predicted octanol–water partition coefficient (Wildman–Crippen LogP) is 2.40. The number of halogens is 3. The van der Waals surface area contributed by atoms with E-state index in [2.05, 4.69) is 10.6 Å². The lowest BCUT2D eigenvalue weighted by molar-refractivity contribution is -0.115. The van der Waals surface area contributed by atoms with Crippen molar-refractivity contribution in [1.82, 2.24) is 0 Å². The molecule has 2 amide bonds. The summed E-state index contributed by atoms with van der Waals surface area (Å²) in [6.45, 7) is 2.72. The molecule has 6 nitrogen and oxygen atoms in total. The highest BCUT2D eigenvalue weighted by Gasteiger charge is 2.24. The van der Waals surface area contributed by atoms with Gasteiger partial charge in [-0.15, -0.1) is 0 Å². The molecule has 0 aliphatic heterocycles. The van der Waals surface area contributed by atoms with Crippen LogP contribution in [0.2, 0.25) is 0 Å². The summed E-state index contributed by atoms with van der Waals surface area (Å²) in [5.41, 5.74) is 1.15. The van der Waals surface area contributed by atoms with E-state index in [1.807, 2.05) is 67.8 Å². The normalized spacial score (nSPS) is 10.6. The van der Waals surface area contributed by atoms with Crippen LogP contribution in [0.4, 0.5) is 11.4 Å². The number of carbonyl (C=O) groups is 2. The average molecular weight is 616 g/mol. The second-order valence-corrected chi connectivity index (χ2v) is 7.08. The molecule has 0 saturated carbocycles. The molecule has 0 aliphatic rings. The van der Waals surface area contributed by atoms with E-state index in [9.17, 15) is 19.8 Å². The smallest absolute Gasteiger partial charge is 0.221 e. The van der Waals surface area contributed by atoms with Gasteiger partial charge in [-0.1, -0.05) is 0 Å². The number of aliphatic hydroxyl groups is 2. The molecule has 4 N–H and O–H groups in total. The largest absolute Gasteiger partial charge is 0.364 e. The van der Waals surface area contributed by atoms with E-state index >= 15 is 0 Å². The maximum absolute atomic E-state index is 11.3. The molecular formula is C11H11I3N2O4. The number of benzene rings is 1. The highest BCUT2D eigenvalue weighted by molar-refractivity contribution is 14.1. The fourth-order valence-corrected chi connectivity index (χ4v) is 5.74. The molecule has 0 fully saturated rings. The van der Waals surface area contributed by atoms with Crippen molar-refractivity contribution in [3.63, 3.8) is 0 Å². The zero-order valence-corrected chi connectivity index (χ0v) is 16.9. The minimum absolute atomic E-state index is 0.249.